The Hall–Kier alpha value is -4.61. The number of fused-ring (bicyclic) bond motifs is 1. The first-order valence-corrected chi connectivity index (χ1v) is 15.3. The van der Waals surface area contributed by atoms with Gasteiger partial charge in [0.25, 0.3) is 11.8 Å². The van der Waals surface area contributed by atoms with Crippen molar-refractivity contribution in [2.75, 3.05) is 24.5 Å². The zero-order valence-corrected chi connectivity index (χ0v) is 25.2. The van der Waals surface area contributed by atoms with E-state index in [4.69, 9.17) is 0 Å². The van der Waals surface area contributed by atoms with Crippen molar-refractivity contribution < 1.29 is 19.2 Å². The first kappa shape index (κ1) is 29.5. The summed E-state index contributed by atoms with van der Waals surface area (Å²) in [6, 6.07) is 21.6. The van der Waals surface area contributed by atoms with Gasteiger partial charge in [0, 0.05) is 44.3 Å². The van der Waals surface area contributed by atoms with Gasteiger partial charge in [-0.15, -0.1) is 0 Å². The van der Waals surface area contributed by atoms with E-state index in [1.807, 2.05) is 18.2 Å². The molecule has 224 valence electrons. The summed E-state index contributed by atoms with van der Waals surface area (Å²) in [7, 11) is 0. The van der Waals surface area contributed by atoms with Crippen molar-refractivity contribution in [1.82, 2.24) is 9.80 Å². The van der Waals surface area contributed by atoms with E-state index in [1.165, 1.54) is 11.3 Å². The van der Waals surface area contributed by atoms with Gasteiger partial charge in [-0.2, -0.15) is 5.26 Å². The van der Waals surface area contributed by atoms with Gasteiger partial charge in [0.05, 0.1) is 35.2 Å². The highest BCUT2D eigenvalue weighted by molar-refractivity contribution is 6.24. The molecule has 1 aliphatic carbocycles. The molecule has 3 aliphatic rings. The van der Waals surface area contributed by atoms with E-state index >= 15 is 0 Å². The van der Waals surface area contributed by atoms with Crippen LogP contribution in [0.15, 0.2) is 60.7 Å². The highest BCUT2D eigenvalue weighted by Gasteiger charge is 2.45. The third kappa shape index (κ3) is 5.68. The van der Waals surface area contributed by atoms with Crippen molar-refractivity contribution >= 4 is 29.1 Å². The van der Waals surface area contributed by atoms with Crippen LogP contribution < -0.4 is 4.90 Å². The van der Waals surface area contributed by atoms with Gasteiger partial charge in [-0.3, -0.25) is 29.0 Å². The number of hydrogen-bond acceptors (Lipinski definition) is 7. The Balaban J connectivity index is 1.06. The molecule has 1 unspecified atom stereocenters. The molecule has 6 rings (SSSR count). The number of ketones is 2. The second-order valence-corrected chi connectivity index (χ2v) is 12.3. The number of imide groups is 1. The number of hydrogen-bond donors (Lipinski definition) is 0. The van der Waals surface area contributed by atoms with E-state index in [0.29, 0.717) is 35.6 Å². The summed E-state index contributed by atoms with van der Waals surface area (Å²) in [5.41, 5.74) is 6.95. The quantitative estimate of drug-likeness (QED) is 0.293. The lowest BCUT2D eigenvalue weighted by Crippen LogP contribution is -2.51. The van der Waals surface area contributed by atoms with Crippen LogP contribution in [0.25, 0.3) is 0 Å². The Morgan fingerprint density at radius 3 is 2.39 bits per heavy atom. The highest BCUT2D eigenvalue weighted by atomic mass is 16.2. The van der Waals surface area contributed by atoms with Crippen molar-refractivity contribution in [3.05, 3.63) is 99.6 Å². The lowest BCUT2D eigenvalue weighted by atomic mass is 9.92. The molecule has 1 saturated heterocycles. The van der Waals surface area contributed by atoms with E-state index in [0.717, 1.165) is 47.8 Å². The number of piperazine rings is 1. The van der Waals surface area contributed by atoms with E-state index < -0.39 is 17.9 Å². The fraction of sp³-hybridized carbons (Fsp3) is 0.361. The predicted octanol–water partition coefficient (Wildman–Crippen LogP) is 4.65. The van der Waals surface area contributed by atoms with Crippen molar-refractivity contribution in [1.29, 1.82) is 5.26 Å². The largest absolute Gasteiger partial charge is 0.368 e. The Kier molecular flexibility index (Phi) is 8.15. The molecule has 0 bridgehead atoms. The maximum atomic E-state index is 13.4. The summed E-state index contributed by atoms with van der Waals surface area (Å²) in [5, 5.41) is 9.18. The summed E-state index contributed by atoms with van der Waals surface area (Å²) in [4.78, 5) is 56.8. The fourth-order valence-corrected chi connectivity index (χ4v) is 6.85. The van der Waals surface area contributed by atoms with Gasteiger partial charge in [0.15, 0.2) is 5.78 Å². The van der Waals surface area contributed by atoms with E-state index in [1.54, 1.807) is 12.1 Å². The van der Waals surface area contributed by atoms with Gasteiger partial charge >= 0.3 is 0 Å². The molecule has 3 aromatic carbocycles. The van der Waals surface area contributed by atoms with Gasteiger partial charge in [-0.25, -0.2) is 0 Å². The molecule has 8 nitrogen and oxygen atoms in total. The Morgan fingerprint density at radius 1 is 0.909 bits per heavy atom. The number of aryl methyl sites for hydroxylation is 3. The van der Waals surface area contributed by atoms with Crippen molar-refractivity contribution in [2.24, 2.45) is 0 Å². The molecule has 8 heteroatoms. The number of nitrogens with zero attached hydrogens (tertiary/aromatic N) is 4. The number of benzene rings is 3. The number of nitriles is 1. The molecule has 2 heterocycles. The number of carbonyl (C=O) groups is 4. The molecule has 1 saturated carbocycles. The molecule has 2 aliphatic heterocycles. The monoisotopic (exact) mass is 588 g/mol. The lowest BCUT2D eigenvalue weighted by molar-refractivity contribution is -0.132. The van der Waals surface area contributed by atoms with Gasteiger partial charge in [-0.05, 0) is 79.6 Å². The molecule has 2 atom stereocenters. The van der Waals surface area contributed by atoms with Crippen LogP contribution in [0.4, 0.5) is 5.69 Å². The van der Waals surface area contributed by atoms with Crippen molar-refractivity contribution in [3.63, 3.8) is 0 Å². The molecule has 0 radical (unpaired) electrons. The highest BCUT2D eigenvalue weighted by Crippen LogP contribution is 2.32. The molecule has 44 heavy (non-hydrogen) atoms. The first-order chi connectivity index (χ1) is 21.2. The number of anilines is 1. The summed E-state index contributed by atoms with van der Waals surface area (Å²) in [5.74, 6) is -1.35. The Morgan fingerprint density at radius 2 is 1.68 bits per heavy atom. The van der Waals surface area contributed by atoms with E-state index in [9.17, 15) is 24.4 Å². The molecular formula is C36H36N4O4. The third-order valence-electron chi connectivity index (χ3n) is 9.31. The van der Waals surface area contributed by atoms with Crippen molar-refractivity contribution in [2.45, 2.75) is 64.6 Å². The minimum absolute atomic E-state index is 0.138. The van der Waals surface area contributed by atoms with Crippen LogP contribution in [0.3, 0.4) is 0 Å². The average molecular weight is 589 g/mol. The number of Topliss-reactive ketones (excluding diaryl/α,β-unsaturated/α-hetero) is 2. The molecule has 2 amide bonds. The number of rotatable bonds is 7. The smallest absolute Gasteiger partial charge is 0.262 e. The van der Waals surface area contributed by atoms with Gasteiger partial charge in [0.2, 0.25) is 0 Å². The van der Waals surface area contributed by atoms with Crippen LogP contribution in [0.1, 0.15) is 74.7 Å². The summed E-state index contributed by atoms with van der Waals surface area (Å²) in [6.45, 7) is 8.00. The maximum absolute atomic E-state index is 13.4. The molecule has 0 aromatic heterocycles. The first-order valence-electron chi connectivity index (χ1n) is 15.3. The minimum atomic E-state index is -0.855. The zero-order valence-electron chi connectivity index (χ0n) is 25.2. The fourth-order valence-electron chi connectivity index (χ4n) is 6.85. The standard InChI is InChI=1S/C36H36N4O4/c1-23-18-27(20-37)11-14-31(23)39-17-16-38(24(2)21-39)22-26-8-6-25(7-9-26)10-12-28-4-3-5-30-34(28)36(44)40(35(30)43)32-15-13-29(41)19-33(32)42/h3-9,11,14,18,24,32H,10,12-13,15-17,19,21-22H2,1-2H3/t24-,32?/m1/s1. The average Bonchev–Trinajstić information content (AvgIpc) is 3.27. The summed E-state index contributed by atoms with van der Waals surface area (Å²) in [6.07, 6.45) is 1.51. The second-order valence-electron chi connectivity index (χ2n) is 12.3. The van der Waals surface area contributed by atoms with Crippen LogP contribution in [0, 0.1) is 18.3 Å². The zero-order chi connectivity index (χ0) is 31.0. The molecule has 0 spiro atoms. The number of amides is 2. The normalized spacial score (nSPS) is 20.7. The molecule has 2 fully saturated rings. The minimum Gasteiger partial charge on any atom is -0.368 e. The molecular weight excluding hydrogens is 552 g/mol. The number of carbonyl (C=O) groups excluding carboxylic acids is 4. The predicted molar refractivity (Wildman–Crippen MR) is 166 cm³/mol. The van der Waals surface area contributed by atoms with Gasteiger partial charge in [-0.1, -0.05) is 36.4 Å². The van der Waals surface area contributed by atoms with Crippen LogP contribution in [-0.4, -0.2) is 64.9 Å². The SMILES string of the molecule is Cc1cc(C#N)ccc1N1CCN(Cc2ccc(CCc3cccc4c3C(=O)N(C3CCC(=O)CC3=O)C4=O)cc2)[C@H](C)C1. The van der Waals surface area contributed by atoms with Crippen LogP contribution in [-0.2, 0) is 29.0 Å². The summed E-state index contributed by atoms with van der Waals surface area (Å²) >= 11 is 0. The van der Waals surface area contributed by atoms with Crippen LogP contribution in [0.5, 0.6) is 0 Å². The van der Waals surface area contributed by atoms with Gasteiger partial charge < -0.3 is 4.90 Å². The van der Waals surface area contributed by atoms with Crippen LogP contribution in [0.2, 0.25) is 0 Å². The topological polar surface area (TPSA) is 102 Å². The van der Waals surface area contributed by atoms with E-state index in [2.05, 4.69) is 60.0 Å². The second kappa shape index (κ2) is 12.2. The van der Waals surface area contributed by atoms with E-state index in [-0.39, 0.29) is 30.8 Å². The van der Waals surface area contributed by atoms with Crippen LogP contribution >= 0.6 is 0 Å². The molecule has 0 N–H and O–H groups in total. The molecule has 3 aromatic rings. The Bertz CT molecular complexity index is 1690. The van der Waals surface area contributed by atoms with Crippen molar-refractivity contribution in [3.8, 4) is 6.07 Å². The maximum Gasteiger partial charge on any atom is 0.262 e. The third-order valence-corrected chi connectivity index (χ3v) is 9.31. The van der Waals surface area contributed by atoms with Gasteiger partial charge in [0.1, 0.15) is 5.78 Å². The lowest BCUT2D eigenvalue weighted by Gasteiger charge is -2.41. The Labute approximate surface area is 257 Å². The summed E-state index contributed by atoms with van der Waals surface area (Å²) < 4.78 is 0.